The van der Waals surface area contributed by atoms with Gasteiger partial charge in [-0.1, -0.05) is 12.1 Å². The third kappa shape index (κ3) is 3.55. The molecule has 0 radical (unpaired) electrons. The summed E-state index contributed by atoms with van der Waals surface area (Å²) in [5.41, 5.74) is 1.40. The summed E-state index contributed by atoms with van der Waals surface area (Å²) in [5, 5.41) is 0.888. The Morgan fingerprint density at radius 2 is 1.70 bits per heavy atom. The SMILES string of the molecule is COc1cc(C(=O)N(C)[C@@H](C)c2nc3ccccc3s2)cc(OC)c1OC. The van der Waals surface area contributed by atoms with Gasteiger partial charge in [0, 0.05) is 12.6 Å². The first-order chi connectivity index (χ1) is 13.0. The van der Waals surface area contributed by atoms with Crippen molar-refractivity contribution in [2.45, 2.75) is 13.0 Å². The Morgan fingerprint density at radius 3 is 2.26 bits per heavy atom. The molecule has 0 N–H and O–H groups in total. The van der Waals surface area contributed by atoms with Crippen LogP contribution in [0.2, 0.25) is 0 Å². The summed E-state index contributed by atoms with van der Waals surface area (Å²) in [6, 6.07) is 11.1. The third-order valence-electron chi connectivity index (χ3n) is 4.48. The highest BCUT2D eigenvalue weighted by Gasteiger charge is 2.24. The number of methoxy groups -OCH3 is 3. The van der Waals surface area contributed by atoms with E-state index in [2.05, 4.69) is 4.98 Å². The van der Waals surface area contributed by atoms with Crippen LogP contribution >= 0.6 is 11.3 Å². The lowest BCUT2D eigenvalue weighted by molar-refractivity contribution is 0.0741. The predicted molar refractivity (Wildman–Crippen MR) is 106 cm³/mol. The molecule has 1 amide bonds. The van der Waals surface area contributed by atoms with Gasteiger partial charge in [0.05, 0.1) is 37.6 Å². The molecule has 7 heteroatoms. The number of para-hydroxylation sites is 1. The molecular formula is C20H22N2O4S. The Bertz CT molecular complexity index is 912. The second kappa shape index (κ2) is 7.84. The number of aromatic nitrogens is 1. The van der Waals surface area contributed by atoms with E-state index < -0.39 is 0 Å². The van der Waals surface area contributed by atoms with Crippen LogP contribution in [0.3, 0.4) is 0 Å². The van der Waals surface area contributed by atoms with Crippen molar-refractivity contribution in [1.82, 2.24) is 9.88 Å². The first-order valence-electron chi connectivity index (χ1n) is 8.42. The van der Waals surface area contributed by atoms with Crippen LogP contribution < -0.4 is 14.2 Å². The number of carbonyl (C=O) groups is 1. The Hall–Kier alpha value is -2.80. The maximum absolute atomic E-state index is 13.1. The smallest absolute Gasteiger partial charge is 0.254 e. The summed E-state index contributed by atoms with van der Waals surface area (Å²) in [6.07, 6.45) is 0. The quantitative estimate of drug-likeness (QED) is 0.637. The van der Waals surface area contributed by atoms with Crippen molar-refractivity contribution in [2.24, 2.45) is 0 Å². The number of rotatable bonds is 6. The highest BCUT2D eigenvalue weighted by atomic mass is 32.1. The standard InChI is InChI=1S/C20H22N2O4S/c1-12(19-21-14-8-6-7-9-17(14)27-19)22(2)20(23)13-10-15(24-3)18(26-5)16(11-13)25-4/h6-12H,1-5H3/t12-/m0/s1. The van der Waals surface area contributed by atoms with E-state index in [0.29, 0.717) is 22.8 Å². The molecule has 0 aliphatic carbocycles. The number of benzene rings is 2. The molecule has 0 bridgehead atoms. The van der Waals surface area contributed by atoms with E-state index >= 15 is 0 Å². The highest BCUT2D eigenvalue weighted by Crippen LogP contribution is 2.39. The number of hydrogen-bond acceptors (Lipinski definition) is 6. The Balaban J connectivity index is 1.92. The van der Waals surface area contributed by atoms with Crippen molar-refractivity contribution in [1.29, 1.82) is 0 Å². The maximum atomic E-state index is 13.1. The van der Waals surface area contributed by atoms with Crippen molar-refractivity contribution in [2.75, 3.05) is 28.4 Å². The fourth-order valence-electron chi connectivity index (χ4n) is 2.82. The number of fused-ring (bicyclic) bond motifs is 1. The number of ether oxygens (including phenoxy) is 3. The van der Waals surface area contributed by atoms with Crippen LogP contribution in [0.5, 0.6) is 17.2 Å². The van der Waals surface area contributed by atoms with E-state index in [1.807, 2.05) is 31.2 Å². The molecule has 1 heterocycles. The predicted octanol–water partition coefficient (Wildman–Crippen LogP) is 4.16. The van der Waals surface area contributed by atoms with E-state index in [9.17, 15) is 4.79 Å². The lowest BCUT2D eigenvalue weighted by atomic mass is 10.1. The number of hydrogen-bond donors (Lipinski definition) is 0. The van der Waals surface area contributed by atoms with E-state index in [1.165, 1.54) is 21.3 Å². The van der Waals surface area contributed by atoms with Gasteiger partial charge in [-0.2, -0.15) is 0 Å². The normalized spacial score (nSPS) is 11.9. The first-order valence-corrected chi connectivity index (χ1v) is 9.24. The fourth-order valence-corrected chi connectivity index (χ4v) is 3.88. The minimum atomic E-state index is -0.172. The lowest BCUT2D eigenvalue weighted by Crippen LogP contribution is -2.29. The van der Waals surface area contributed by atoms with Gasteiger partial charge in [-0.3, -0.25) is 4.79 Å². The zero-order valence-corrected chi connectivity index (χ0v) is 16.8. The summed E-state index contributed by atoms with van der Waals surface area (Å²) >= 11 is 1.59. The Labute approximate surface area is 162 Å². The largest absolute Gasteiger partial charge is 0.493 e. The van der Waals surface area contributed by atoms with Crippen LogP contribution in [0.4, 0.5) is 0 Å². The van der Waals surface area contributed by atoms with E-state index in [-0.39, 0.29) is 11.9 Å². The molecule has 1 atom stereocenters. The van der Waals surface area contributed by atoms with Crippen LogP contribution in [-0.2, 0) is 0 Å². The van der Waals surface area contributed by atoms with Crippen LogP contribution in [0.25, 0.3) is 10.2 Å². The molecular weight excluding hydrogens is 364 g/mol. The highest BCUT2D eigenvalue weighted by molar-refractivity contribution is 7.18. The molecule has 0 aliphatic heterocycles. The molecule has 3 rings (SSSR count). The molecule has 0 saturated carbocycles. The first kappa shape index (κ1) is 19.0. The number of thiazole rings is 1. The van der Waals surface area contributed by atoms with Crippen molar-refractivity contribution in [3.05, 3.63) is 47.0 Å². The van der Waals surface area contributed by atoms with Gasteiger partial charge in [-0.15, -0.1) is 11.3 Å². The molecule has 0 saturated heterocycles. The van der Waals surface area contributed by atoms with Gasteiger partial charge < -0.3 is 19.1 Å². The van der Waals surface area contributed by atoms with E-state index in [4.69, 9.17) is 14.2 Å². The van der Waals surface area contributed by atoms with Crippen LogP contribution in [0, 0.1) is 0 Å². The molecule has 3 aromatic rings. The van der Waals surface area contributed by atoms with Crippen molar-refractivity contribution >= 4 is 27.5 Å². The molecule has 142 valence electrons. The van der Waals surface area contributed by atoms with Crippen LogP contribution in [0.1, 0.15) is 28.3 Å². The average molecular weight is 386 g/mol. The zero-order chi connectivity index (χ0) is 19.6. The average Bonchev–Trinajstić information content (AvgIpc) is 3.15. The molecule has 1 aromatic heterocycles. The van der Waals surface area contributed by atoms with Gasteiger partial charge in [-0.05, 0) is 31.2 Å². The fraction of sp³-hybridized carbons (Fsp3) is 0.300. The van der Waals surface area contributed by atoms with Gasteiger partial charge in [0.15, 0.2) is 11.5 Å². The Morgan fingerprint density at radius 1 is 1.07 bits per heavy atom. The van der Waals surface area contributed by atoms with Gasteiger partial charge in [0.1, 0.15) is 5.01 Å². The number of amides is 1. The zero-order valence-electron chi connectivity index (χ0n) is 16.0. The minimum Gasteiger partial charge on any atom is -0.493 e. The van der Waals surface area contributed by atoms with Gasteiger partial charge in [-0.25, -0.2) is 4.98 Å². The lowest BCUT2D eigenvalue weighted by Gasteiger charge is -2.24. The molecule has 0 spiro atoms. The van der Waals surface area contributed by atoms with E-state index in [0.717, 1.165) is 15.2 Å². The summed E-state index contributed by atoms with van der Waals surface area (Å²) in [4.78, 5) is 19.4. The number of nitrogens with zero attached hydrogens (tertiary/aromatic N) is 2. The summed E-state index contributed by atoms with van der Waals surface area (Å²) in [6.45, 7) is 1.97. The van der Waals surface area contributed by atoms with Gasteiger partial charge in [0.2, 0.25) is 5.75 Å². The monoisotopic (exact) mass is 386 g/mol. The van der Waals surface area contributed by atoms with Crippen molar-refractivity contribution in [3.8, 4) is 17.2 Å². The minimum absolute atomic E-state index is 0.152. The molecule has 27 heavy (non-hydrogen) atoms. The van der Waals surface area contributed by atoms with Crippen LogP contribution in [-0.4, -0.2) is 44.2 Å². The van der Waals surface area contributed by atoms with Crippen molar-refractivity contribution < 1.29 is 19.0 Å². The summed E-state index contributed by atoms with van der Waals surface area (Å²) in [7, 11) is 6.35. The van der Waals surface area contributed by atoms with Gasteiger partial charge in [0.25, 0.3) is 5.91 Å². The van der Waals surface area contributed by atoms with Crippen molar-refractivity contribution in [3.63, 3.8) is 0 Å². The van der Waals surface area contributed by atoms with Gasteiger partial charge >= 0.3 is 0 Å². The second-order valence-electron chi connectivity index (χ2n) is 6.03. The number of carbonyl (C=O) groups excluding carboxylic acids is 1. The Kier molecular flexibility index (Phi) is 5.51. The molecule has 2 aromatic carbocycles. The molecule has 6 nitrogen and oxygen atoms in total. The second-order valence-corrected chi connectivity index (χ2v) is 7.09. The van der Waals surface area contributed by atoms with E-state index in [1.54, 1.807) is 35.4 Å². The third-order valence-corrected chi connectivity index (χ3v) is 5.69. The summed E-state index contributed by atoms with van der Waals surface area (Å²) < 4.78 is 17.1. The topological polar surface area (TPSA) is 60.9 Å². The molecule has 0 aliphatic rings. The molecule has 0 fully saturated rings. The maximum Gasteiger partial charge on any atom is 0.254 e. The summed E-state index contributed by atoms with van der Waals surface area (Å²) in [5.74, 6) is 1.20. The molecule has 0 unspecified atom stereocenters. The van der Waals surface area contributed by atoms with Crippen LogP contribution in [0.15, 0.2) is 36.4 Å².